The molecule has 1 N–H and O–H groups in total. The first-order valence-electron chi connectivity index (χ1n) is 1.81. The molecule has 1 atom stereocenters. The lowest BCUT2D eigenvalue weighted by molar-refractivity contribution is 0.262. The number of hydrogen-bond donors (Lipinski definition) is 1. The topological polar surface area (TPSA) is 29.1 Å². The average molecular weight is 138 g/mol. The van der Waals surface area contributed by atoms with Crippen molar-refractivity contribution in [2.24, 2.45) is 0 Å². The lowest BCUT2D eigenvalue weighted by Gasteiger charge is -1.84. The third-order valence-electron chi connectivity index (χ3n) is 0.653. The number of carbonyl (C=O) groups is 1. The molecular weight excluding hydrogens is 134 g/mol. The van der Waals surface area contributed by atoms with E-state index in [0.29, 0.717) is 6.54 Å². The first-order valence-corrected chi connectivity index (χ1v) is 3.92. The van der Waals surface area contributed by atoms with Crippen molar-refractivity contribution in [1.29, 1.82) is 0 Å². The van der Waals surface area contributed by atoms with Crippen molar-refractivity contribution in [3.8, 4) is 0 Å². The van der Waals surface area contributed by atoms with Crippen molar-refractivity contribution in [3.63, 3.8) is 0 Å². The molecule has 1 amide bonds. The number of amides is 1. The molecule has 2 nitrogen and oxygen atoms in total. The maximum Gasteiger partial charge on any atom is 0.287 e. The van der Waals surface area contributed by atoms with E-state index in [1.165, 1.54) is 0 Å². The van der Waals surface area contributed by atoms with Gasteiger partial charge >= 0.3 is 0 Å². The summed E-state index contributed by atoms with van der Waals surface area (Å²) >= 11 is 0. The fourth-order valence-corrected chi connectivity index (χ4v) is 1.30. The van der Waals surface area contributed by atoms with E-state index in [1.807, 2.05) is 0 Å². The van der Waals surface area contributed by atoms with Crippen molar-refractivity contribution >= 4 is 31.0 Å². The molecule has 0 aliphatic carbocycles. The summed E-state index contributed by atoms with van der Waals surface area (Å²) in [6, 6.07) is 0. The maximum absolute atomic E-state index is 10.3. The first kappa shape index (κ1) is 5.12. The molecule has 1 unspecified atom stereocenters. The minimum atomic E-state index is -0.620. The summed E-state index contributed by atoms with van der Waals surface area (Å²) in [5.41, 5.74) is 0. The van der Waals surface area contributed by atoms with Crippen molar-refractivity contribution in [1.82, 2.24) is 5.32 Å². The van der Waals surface area contributed by atoms with E-state index in [0.717, 1.165) is 0 Å². The van der Waals surface area contributed by atoms with Gasteiger partial charge in [-0.25, -0.2) is 0 Å². The smallest absolute Gasteiger partial charge is 0.287 e. The highest BCUT2D eigenvalue weighted by molar-refractivity contribution is 8.45. The summed E-state index contributed by atoms with van der Waals surface area (Å²) in [4.78, 5) is 10.3. The lowest BCUT2D eigenvalue weighted by atomic mass is 10.8. The molecule has 0 aromatic carbocycles. The molecule has 1 aliphatic rings. The van der Waals surface area contributed by atoms with Gasteiger partial charge in [0, 0.05) is 6.54 Å². The summed E-state index contributed by atoms with van der Waals surface area (Å²) in [7, 11) is 4.80. The van der Waals surface area contributed by atoms with Gasteiger partial charge < -0.3 is 5.32 Å². The van der Waals surface area contributed by atoms with Crippen LogP contribution in [0, 0.1) is 0 Å². The molecule has 0 radical (unpaired) electrons. The number of nitrogens with one attached hydrogen (secondary N) is 1. The summed E-state index contributed by atoms with van der Waals surface area (Å²) in [5.74, 6) is 0. The molecule has 0 aromatic rings. The highest BCUT2D eigenvalue weighted by Crippen LogP contribution is 2.20. The van der Waals surface area contributed by atoms with Gasteiger partial charge in [-0.1, -0.05) is 0 Å². The Morgan fingerprint density at radius 2 is 2.71 bits per heavy atom. The Kier molecular flexibility index (Phi) is 1.35. The predicted octanol–water partition coefficient (Wildman–Crippen LogP) is 0.935. The number of halogens is 1. The van der Waals surface area contributed by atoms with Crippen LogP contribution in [-0.2, 0) is 0 Å². The van der Waals surface area contributed by atoms with Gasteiger partial charge in [0.25, 0.3) is 5.24 Å². The number of hydrogen-bond acceptors (Lipinski definition) is 1. The molecule has 1 rings (SSSR count). The van der Waals surface area contributed by atoms with Gasteiger partial charge in [0.05, 0.1) is 0 Å². The molecule has 40 valence electrons. The standard InChI is InChI=1S/C3H4ClNOS/c4-7-2-1-5-3(7)6/h2H,1H2,(H,5,6). The fraction of sp³-hybridized carbons (Fsp3) is 0.333. The SMILES string of the molecule is O=C1NCC=S1Cl. The van der Waals surface area contributed by atoms with Crippen LogP contribution >= 0.6 is 20.4 Å². The fourth-order valence-electron chi connectivity index (χ4n) is 0.343. The Labute approximate surface area is 48.3 Å². The van der Waals surface area contributed by atoms with Crippen LogP contribution in [0.4, 0.5) is 4.79 Å². The van der Waals surface area contributed by atoms with E-state index < -0.39 is 9.70 Å². The minimum Gasteiger partial charge on any atom is -0.342 e. The summed E-state index contributed by atoms with van der Waals surface area (Å²) in [6.45, 7) is 0.630. The van der Waals surface area contributed by atoms with Gasteiger partial charge in [0.1, 0.15) is 0 Å². The number of rotatable bonds is 0. The monoisotopic (exact) mass is 137 g/mol. The lowest BCUT2D eigenvalue weighted by Crippen LogP contribution is -2.12. The van der Waals surface area contributed by atoms with Gasteiger partial charge in [-0.3, -0.25) is 4.79 Å². The van der Waals surface area contributed by atoms with Crippen molar-refractivity contribution in [2.75, 3.05) is 6.54 Å². The minimum absolute atomic E-state index is 0.0540. The second-order valence-corrected chi connectivity index (χ2v) is 3.39. The molecule has 0 saturated carbocycles. The van der Waals surface area contributed by atoms with Crippen molar-refractivity contribution < 1.29 is 4.79 Å². The summed E-state index contributed by atoms with van der Waals surface area (Å²) < 4.78 is 0. The Hall–Kier alpha value is -0.0200. The van der Waals surface area contributed by atoms with E-state index in [9.17, 15) is 4.79 Å². The average Bonchev–Trinajstić information content (AvgIpc) is 1.91. The second-order valence-electron chi connectivity index (χ2n) is 1.12. The van der Waals surface area contributed by atoms with Gasteiger partial charge in [0.2, 0.25) is 0 Å². The molecule has 4 heteroatoms. The van der Waals surface area contributed by atoms with Crippen LogP contribution in [0.25, 0.3) is 0 Å². The zero-order chi connectivity index (χ0) is 5.28. The second kappa shape index (κ2) is 1.84. The summed E-state index contributed by atoms with van der Waals surface area (Å²) in [6.07, 6.45) is 0. The zero-order valence-corrected chi connectivity index (χ0v) is 5.05. The first-order chi connectivity index (χ1) is 3.30. The van der Waals surface area contributed by atoms with E-state index in [2.05, 4.69) is 5.32 Å². The molecule has 1 aliphatic heterocycles. The molecule has 0 spiro atoms. The van der Waals surface area contributed by atoms with Gasteiger partial charge in [-0.15, -0.1) is 0 Å². The van der Waals surface area contributed by atoms with E-state index >= 15 is 0 Å². The molecule has 0 saturated heterocycles. The van der Waals surface area contributed by atoms with Gasteiger partial charge in [-0.2, -0.15) is 0 Å². The molecule has 0 fully saturated rings. The van der Waals surface area contributed by atoms with Crippen molar-refractivity contribution in [3.05, 3.63) is 0 Å². The Bertz CT molecular complexity index is 133. The van der Waals surface area contributed by atoms with Crippen molar-refractivity contribution in [2.45, 2.75) is 0 Å². The van der Waals surface area contributed by atoms with Crippen LogP contribution in [0.15, 0.2) is 0 Å². The number of carbonyl (C=O) groups excluding carboxylic acids is 1. The van der Waals surface area contributed by atoms with E-state index in [1.54, 1.807) is 5.37 Å². The normalized spacial score (nSPS) is 29.3. The van der Waals surface area contributed by atoms with Crippen LogP contribution < -0.4 is 5.32 Å². The highest BCUT2D eigenvalue weighted by atomic mass is 35.7. The predicted molar refractivity (Wildman–Crippen MR) is 32.9 cm³/mol. The van der Waals surface area contributed by atoms with Gasteiger partial charge in [-0.05, 0) is 25.7 Å². The maximum atomic E-state index is 10.3. The van der Waals surface area contributed by atoms with E-state index in [4.69, 9.17) is 10.7 Å². The van der Waals surface area contributed by atoms with Crippen LogP contribution in [-0.4, -0.2) is 17.2 Å². The summed E-state index contributed by atoms with van der Waals surface area (Å²) in [5, 5.41) is 4.26. The Morgan fingerprint density at radius 1 is 2.00 bits per heavy atom. The van der Waals surface area contributed by atoms with E-state index in [-0.39, 0.29) is 5.24 Å². The highest BCUT2D eigenvalue weighted by Gasteiger charge is 2.07. The third kappa shape index (κ3) is 0.951. The van der Waals surface area contributed by atoms with Crippen LogP contribution in [0.2, 0.25) is 0 Å². The Balaban J connectivity index is 2.72. The molecule has 1 heterocycles. The Morgan fingerprint density at radius 3 is 2.86 bits per heavy atom. The van der Waals surface area contributed by atoms with Crippen LogP contribution in [0.5, 0.6) is 0 Å². The van der Waals surface area contributed by atoms with Gasteiger partial charge in [0.15, 0.2) is 0 Å². The third-order valence-corrected chi connectivity index (χ3v) is 2.41. The molecular formula is C3H4ClNOS. The van der Waals surface area contributed by atoms with Crippen LogP contribution in [0.1, 0.15) is 0 Å². The largest absolute Gasteiger partial charge is 0.342 e. The molecule has 0 bridgehead atoms. The van der Waals surface area contributed by atoms with Crippen LogP contribution in [0.3, 0.4) is 0 Å². The molecule has 7 heavy (non-hydrogen) atoms. The molecule has 0 aromatic heterocycles. The quantitative estimate of drug-likeness (QED) is 0.495. The zero-order valence-electron chi connectivity index (χ0n) is 3.48.